The van der Waals surface area contributed by atoms with E-state index in [1.165, 1.54) is 22.0 Å². The second-order valence-corrected chi connectivity index (χ2v) is 22.7. The van der Waals surface area contributed by atoms with Crippen LogP contribution in [0.4, 0.5) is 13.6 Å². The number of cyclic esters (lactones) is 1. The van der Waals surface area contributed by atoms with Gasteiger partial charge in [-0.2, -0.15) is 0 Å². The van der Waals surface area contributed by atoms with E-state index < -0.39 is 65.3 Å². The number of morpholine rings is 1. The number of carbonyl (C=O) groups is 5. The highest BCUT2D eigenvalue weighted by Gasteiger charge is 2.44. The van der Waals surface area contributed by atoms with Crippen LogP contribution in [0.5, 0.6) is 0 Å². The van der Waals surface area contributed by atoms with Gasteiger partial charge in [-0.3, -0.25) is 34.2 Å². The number of hydrogen-bond donors (Lipinski definition) is 2. The first kappa shape index (κ1) is 57.8. The van der Waals surface area contributed by atoms with Gasteiger partial charge in [-0.25, -0.2) is 19.0 Å². The SMILES string of the molecule is CCn1c(-c2cccnc2[C@H](C)OC)c2c3cc(ccc31)-c1cc(C(F)F)cc(n1)C[C@H](NC(=O)[C@H](C(C)C)N(C)C(=O)N1CCC3(CC1)CN(C(=O)/C=C/CN(C)C)CCO3)C(=O)N1CCC[C@H](N1)C(=O)OCC(C)(C)C2. The number of piperidine rings is 1. The van der Waals surface area contributed by atoms with E-state index in [9.17, 15) is 24.0 Å². The molecule has 0 saturated carbocycles. The maximum Gasteiger partial charge on any atom is 0.324 e. The number of benzene rings is 1. The molecule has 3 saturated heterocycles. The fourth-order valence-electron chi connectivity index (χ4n) is 11.5. The first-order chi connectivity index (χ1) is 37.1. The summed E-state index contributed by atoms with van der Waals surface area (Å²) in [6.45, 7) is 15.0. The summed E-state index contributed by atoms with van der Waals surface area (Å²) in [7, 11) is 7.05. The summed E-state index contributed by atoms with van der Waals surface area (Å²) in [5.74, 6) is -2.31. The Morgan fingerprint density at radius 1 is 1.01 bits per heavy atom. The minimum atomic E-state index is -2.90. The normalized spacial score (nSPS) is 20.8. The Morgan fingerprint density at radius 3 is 2.46 bits per heavy atom. The first-order valence-electron chi connectivity index (χ1n) is 27.4. The van der Waals surface area contributed by atoms with Gasteiger partial charge in [-0.15, -0.1) is 0 Å². The van der Waals surface area contributed by atoms with Gasteiger partial charge in [-0.05, 0) is 108 Å². The fraction of sp³-hybridized carbons (Fsp3) is 0.569. The largest absolute Gasteiger partial charge is 0.464 e. The highest BCUT2D eigenvalue weighted by Crippen LogP contribution is 2.42. The van der Waals surface area contributed by atoms with Crippen molar-refractivity contribution in [2.45, 2.75) is 123 Å². The van der Waals surface area contributed by atoms with Crippen molar-refractivity contribution in [3.8, 4) is 22.5 Å². The molecule has 4 aliphatic heterocycles. The Balaban J connectivity index is 1.12. The number of nitrogens with zero attached hydrogens (tertiary/aromatic N) is 8. The molecule has 18 nitrogen and oxygen atoms in total. The molecule has 4 atom stereocenters. The number of esters is 1. The molecule has 5 amide bonds. The van der Waals surface area contributed by atoms with Gasteiger partial charge >= 0.3 is 12.0 Å². The van der Waals surface area contributed by atoms with Gasteiger partial charge < -0.3 is 43.7 Å². The number of aromatic nitrogens is 3. The molecule has 20 heteroatoms. The number of fused-ring (bicyclic) bond motifs is 6. The molecule has 78 heavy (non-hydrogen) atoms. The molecule has 0 radical (unpaired) electrons. The van der Waals surface area contributed by atoms with Crippen molar-refractivity contribution in [1.82, 2.24) is 49.9 Å². The van der Waals surface area contributed by atoms with Crippen molar-refractivity contribution in [3.63, 3.8) is 0 Å². The summed E-state index contributed by atoms with van der Waals surface area (Å²) in [5.41, 5.74) is 6.82. The van der Waals surface area contributed by atoms with Gasteiger partial charge in [0, 0.05) is 111 Å². The van der Waals surface area contributed by atoms with E-state index in [1.807, 2.05) is 76.2 Å². The van der Waals surface area contributed by atoms with E-state index in [2.05, 4.69) is 22.2 Å². The van der Waals surface area contributed by atoms with Crippen molar-refractivity contribution >= 4 is 40.6 Å². The summed E-state index contributed by atoms with van der Waals surface area (Å²) < 4.78 is 50.6. The molecule has 422 valence electrons. The predicted octanol–water partition coefficient (Wildman–Crippen LogP) is 6.97. The molecule has 1 aromatic carbocycles. The number of hydrazine groups is 1. The minimum Gasteiger partial charge on any atom is -0.464 e. The summed E-state index contributed by atoms with van der Waals surface area (Å²) >= 11 is 0. The highest BCUT2D eigenvalue weighted by molar-refractivity contribution is 5.96. The number of rotatable bonds is 12. The number of likely N-dealkylation sites (tertiary alicyclic amines) is 1. The zero-order valence-corrected chi connectivity index (χ0v) is 46.9. The summed E-state index contributed by atoms with van der Waals surface area (Å²) in [6, 6.07) is 8.55. The van der Waals surface area contributed by atoms with E-state index in [0.717, 1.165) is 33.4 Å². The minimum absolute atomic E-state index is 0.0359. The predicted molar refractivity (Wildman–Crippen MR) is 292 cm³/mol. The standard InChI is InChI=1S/C58H78F2N10O8/c1-11-69-47-19-18-38-30-42(47)43(51(69)41-15-12-22-61-49(41)37(4)76-10)33-57(5,6)35-77-55(74)44-16-13-24-70(64-44)54(73)46(32-40-29-39(52(59)60)31-45(38)62-40)63-53(72)50(36(2)3)66(9)56(75)67-25-20-58(21-26-67)34-68(27-28-78-58)48(71)17-14-23-65(7)8/h12,14-15,17-19,22,29-31,36-37,44,46,50,52,64H,11,13,16,20-21,23-28,32-35H2,1-10H3,(H,63,72)/b17-14+/t37-,44-,46-,50-/m0/s1. The van der Waals surface area contributed by atoms with E-state index >= 15 is 8.78 Å². The molecule has 1 spiro atoms. The molecule has 6 bridgehead atoms. The maximum absolute atomic E-state index is 15.1. The van der Waals surface area contributed by atoms with Crippen LogP contribution < -0.4 is 10.7 Å². The maximum atomic E-state index is 15.1. The van der Waals surface area contributed by atoms with E-state index in [0.29, 0.717) is 83.5 Å². The van der Waals surface area contributed by atoms with Crippen LogP contribution in [0.3, 0.4) is 0 Å². The number of amides is 5. The number of methoxy groups -OCH3 is 1. The summed E-state index contributed by atoms with van der Waals surface area (Å²) in [4.78, 5) is 87.9. The number of pyridine rings is 2. The second kappa shape index (κ2) is 24.3. The molecular formula is C58H78F2N10O8. The van der Waals surface area contributed by atoms with Gasteiger partial charge in [0.2, 0.25) is 11.8 Å². The third kappa shape index (κ3) is 12.7. The van der Waals surface area contributed by atoms with Crippen LogP contribution in [0.2, 0.25) is 0 Å². The van der Waals surface area contributed by atoms with Crippen LogP contribution in [0.15, 0.2) is 60.8 Å². The van der Waals surface area contributed by atoms with Crippen LogP contribution >= 0.6 is 0 Å². The zero-order valence-electron chi connectivity index (χ0n) is 46.9. The summed E-state index contributed by atoms with van der Waals surface area (Å²) in [6.07, 6.45) is 3.82. The third-order valence-corrected chi connectivity index (χ3v) is 15.6. The molecule has 0 unspecified atom stereocenters. The lowest BCUT2D eigenvalue weighted by Gasteiger charge is -2.47. The third-order valence-electron chi connectivity index (χ3n) is 15.6. The molecule has 2 N–H and O–H groups in total. The van der Waals surface area contributed by atoms with Gasteiger partial charge in [0.05, 0.1) is 48.5 Å². The van der Waals surface area contributed by atoms with Crippen molar-refractivity contribution in [2.75, 3.05) is 80.7 Å². The Hall–Kier alpha value is -6.35. The number of alkyl halides is 2. The van der Waals surface area contributed by atoms with Crippen molar-refractivity contribution in [1.29, 1.82) is 0 Å². The number of urea groups is 1. The highest BCUT2D eigenvalue weighted by atomic mass is 19.3. The lowest BCUT2D eigenvalue weighted by molar-refractivity contribution is -0.155. The molecule has 3 fully saturated rings. The topological polar surface area (TPSA) is 184 Å². The molecule has 4 aromatic rings. The Bertz CT molecular complexity index is 2880. The zero-order chi connectivity index (χ0) is 56.2. The van der Waals surface area contributed by atoms with E-state index in [1.54, 1.807) is 50.1 Å². The van der Waals surface area contributed by atoms with Crippen LogP contribution in [-0.2, 0) is 52.8 Å². The molecule has 4 aliphatic rings. The van der Waals surface area contributed by atoms with E-state index in [4.69, 9.17) is 24.2 Å². The van der Waals surface area contributed by atoms with Crippen molar-refractivity contribution in [3.05, 3.63) is 83.3 Å². The Morgan fingerprint density at radius 2 is 1.77 bits per heavy atom. The monoisotopic (exact) mass is 1080 g/mol. The molecule has 8 rings (SSSR count). The van der Waals surface area contributed by atoms with Crippen LogP contribution in [0.1, 0.15) is 102 Å². The van der Waals surface area contributed by atoms with Crippen molar-refractivity contribution in [2.24, 2.45) is 11.3 Å². The lowest BCUT2D eigenvalue weighted by atomic mass is 9.84. The van der Waals surface area contributed by atoms with Crippen molar-refractivity contribution < 1.29 is 47.0 Å². The van der Waals surface area contributed by atoms with Gasteiger partial charge in [-0.1, -0.05) is 39.8 Å². The summed E-state index contributed by atoms with van der Waals surface area (Å²) in [5, 5.41) is 5.08. The Kier molecular flexibility index (Phi) is 18.0. The van der Waals surface area contributed by atoms with Crippen LogP contribution in [0.25, 0.3) is 33.4 Å². The van der Waals surface area contributed by atoms with Gasteiger partial charge in [0.15, 0.2) is 0 Å². The second-order valence-electron chi connectivity index (χ2n) is 22.7. The number of aryl methyl sites for hydroxylation is 1. The lowest BCUT2D eigenvalue weighted by Crippen LogP contribution is -2.63. The number of nitrogens with one attached hydrogen (secondary N) is 2. The first-order valence-corrected chi connectivity index (χ1v) is 27.4. The van der Waals surface area contributed by atoms with Crippen LogP contribution in [-0.4, -0.2) is 173 Å². The average molecular weight is 1080 g/mol. The Labute approximate surface area is 456 Å². The number of hydrogen-bond acceptors (Lipinski definition) is 12. The average Bonchev–Trinajstić information content (AvgIpc) is 3.79. The smallest absolute Gasteiger partial charge is 0.324 e. The number of likely N-dealkylation sites (N-methyl/N-ethyl adjacent to an activating group) is 2. The molecular weight excluding hydrogens is 1000 g/mol. The van der Waals surface area contributed by atoms with Gasteiger partial charge in [0.25, 0.3) is 12.3 Å². The molecule has 3 aromatic heterocycles. The quantitative estimate of drug-likeness (QED) is 0.110. The van der Waals surface area contributed by atoms with Crippen LogP contribution in [0, 0.1) is 11.3 Å². The molecule has 7 heterocycles. The van der Waals surface area contributed by atoms with E-state index in [-0.39, 0.29) is 48.5 Å². The number of ether oxygens (including phenoxy) is 3. The molecule has 0 aliphatic carbocycles. The van der Waals surface area contributed by atoms with Gasteiger partial charge in [0.1, 0.15) is 18.1 Å². The number of carbonyl (C=O) groups excluding carboxylic acids is 5. The number of halogens is 2. The fourth-order valence-corrected chi connectivity index (χ4v) is 11.5.